The molecule has 0 aliphatic heterocycles. The molecule has 0 aliphatic carbocycles. The van der Waals surface area contributed by atoms with Crippen molar-refractivity contribution in [2.45, 2.75) is 0 Å². The van der Waals surface area contributed by atoms with Crippen LogP contribution < -0.4 is 5.32 Å². The Morgan fingerprint density at radius 1 is 1.06 bits per heavy atom. The molecule has 0 spiro atoms. The number of halogens is 3. The Morgan fingerprint density at radius 3 is 2.44 bits per heavy atom. The summed E-state index contributed by atoms with van der Waals surface area (Å²) in [6.45, 7) is 0. The third-order valence-electron chi connectivity index (χ3n) is 2.35. The molecule has 2 aromatic rings. The van der Waals surface area contributed by atoms with E-state index in [1.165, 1.54) is 12.1 Å². The molecule has 2 nitrogen and oxygen atoms in total. The lowest BCUT2D eigenvalue weighted by Crippen LogP contribution is -1.98. The molecule has 0 fully saturated rings. The van der Waals surface area contributed by atoms with Gasteiger partial charge in [-0.25, -0.2) is 8.78 Å². The fourth-order valence-corrected chi connectivity index (χ4v) is 1.94. The average molecular weight is 309 g/mol. The van der Waals surface area contributed by atoms with Crippen LogP contribution in [-0.2, 0) is 0 Å². The van der Waals surface area contributed by atoms with Gasteiger partial charge in [0.1, 0.15) is 6.07 Å². The number of benzene rings is 2. The van der Waals surface area contributed by atoms with Gasteiger partial charge < -0.3 is 5.32 Å². The Labute approximate surface area is 111 Å². The van der Waals surface area contributed by atoms with Crippen LogP contribution in [0.3, 0.4) is 0 Å². The Kier molecular flexibility index (Phi) is 3.58. The van der Waals surface area contributed by atoms with Gasteiger partial charge in [0.2, 0.25) is 0 Å². The highest BCUT2D eigenvalue weighted by Crippen LogP contribution is 2.28. The number of hydrogen-bond donors (Lipinski definition) is 1. The number of anilines is 2. The number of nitriles is 1. The molecule has 0 aliphatic rings. The maximum Gasteiger partial charge on any atom is 0.182 e. The fraction of sp³-hybridized carbons (Fsp3) is 0. The third-order valence-corrected chi connectivity index (χ3v) is 3.01. The Morgan fingerprint density at radius 2 is 1.72 bits per heavy atom. The summed E-state index contributed by atoms with van der Waals surface area (Å²) in [4.78, 5) is 0. The van der Waals surface area contributed by atoms with Crippen molar-refractivity contribution in [1.82, 2.24) is 0 Å². The van der Waals surface area contributed by atoms with Crippen molar-refractivity contribution < 1.29 is 8.78 Å². The molecule has 0 atom stereocenters. The zero-order chi connectivity index (χ0) is 13.1. The maximum absolute atomic E-state index is 13.5. The van der Waals surface area contributed by atoms with Gasteiger partial charge in [-0.2, -0.15) is 5.26 Å². The molecule has 2 aromatic carbocycles. The molecule has 1 N–H and O–H groups in total. The van der Waals surface area contributed by atoms with Gasteiger partial charge in [-0.1, -0.05) is 12.1 Å². The van der Waals surface area contributed by atoms with Crippen LogP contribution in [0.1, 0.15) is 5.56 Å². The SMILES string of the molecule is N#Cc1c(Br)cccc1Nc1cccc(F)c1F. The van der Waals surface area contributed by atoms with Gasteiger partial charge in [-0.15, -0.1) is 0 Å². The summed E-state index contributed by atoms with van der Waals surface area (Å²) in [6.07, 6.45) is 0. The number of rotatable bonds is 2. The Balaban J connectivity index is 2.44. The van der Waals surface area contributed by atoms with Crippen LogP contribution in [-0.4, -0.2) is 0 Å². The van der Waals surface area contributed by atoms with E-state index in [0.29, 0.717) is 15.7 Å². The summed E-state index contributed by atoms with van der Waals surface area (Å²) in [6, 6.07) is 10.8. The summed E-state index contributed by atoms with van der Waals surface area (Å²) in [7, 11) is 0. The predicted molar refractivity (Wildman–Crippen MR) is 68.5 cm³/mol. The van der Waals surface area contributed by atoms with Crippen molar-refractivity contribution in [2.75, 3.05) is 5.32 Å². The number of nitrogens with zero attached hydrogens (tertiary/aromatic N) is 1. The maximum atomic E-state index is 13.5. The quantitative estimate of drug-likeness (QED) is 0.895. The third kappa shape index (κ3) is 2.34. The van der Waals surface area contributed by atoms with E-state index in [2.05, 4.69) is 21.2 Å². The molecular weight excluding hydrogens is 302 g/mol. The first kappa shape index (κ1) is 12.5. The second-order valence-corrected chi connectivity index (χ2v) is 4.35. The van der Waals surface area contributed by atoms with Gasteiger partial charge in [0.05, 0.1) is 16.9 Å². The predicted octanol–water partition coefficient (Wildman–Crippen LogP) is 4.34. The molecule has 5 heteroatoms. The van der Waals surface area contributed by atoms with Crippen LogP contribution in [0.4, 0.5) is 20.2 Å². The second-order valence-electron chi connectivity index (χ2n) is 3.50. The Bertz CT molecular complexity index is 635. The lowest BCUT2D eigenvalue weighted by atomic mass is 10.2. The van der Waals surface area contributed by atoms with Crippen molar-refractivity contribution in [1.29, 1.82) is 5.26 Å². The molecule has 0 saturated carbocycles. The van der Waals surface area contributed by atoms with Crippen LogP contribution in [0.5, 0.6) is 0 Å². The van der Waals surface area contributed by atoms with Crippen LogP contribution in [0.2, 0.25) is 0 Å². The molecule has 0 bridgehead atoms. The average Bonchev–Trinajstić information content (AvgIpc) is 2.35. The molecule has 2 rings (SSSR count). The van der Waals surface area contributed by atoms with Gasteiger partial charge in [-0.05, 0) is 40.2 Å². The van der Waals surface area contributed by atoms with E-state index < -0.39 is 11.6 Å². The highest BCUT2D eigenvalue weighted by Gasteiger charge is 2.11. The normalized spacial score (nSPS) is 9.89. The summed E-state index contributed by atoms with van der Waals surface area (Å²) < 4.78 is 27.1. The molecule has 0 radical (unpaired) electrons. The molecule has 0 aromatic heterocycles. The van der Waals surface area contributed by atoms with Crippen LogP contribution in [0.25, 0.3) is 0 Å². The van der Waals surface area contributed by atoms with Crippen LogP contribution >= 0.6 is 15.9 Å². The van der Waals surface area contributed by atoms with E-state index in [4.69, 9.17) is 5.26 Å². The minimum absolute atomic E-state index is 0.00963. The number of hydrogen-bond acceptors (Lipinski definition) is 2. The molecule has 0 amide bonds. The van der Waals surface area contributed by atoms with Gasteiger partial charge in [0.15, 0.2) is 11.6 Å². The van der Waals surface area contributed by atoms with Gasteiger partial charge in [0.25, 0.3) is 0 Å². The summed E-state index contributed by atoms with van der Waals surface area (Å²) >= 11 is 3.22. The standard InChI is InChI=1S/C13H7BrF2N2/c14-9-3-1-5-11(8(9)7-17)18-12-6-2-4-10(15)13(12)16/h1-6,18H. The van der Waals surface area contributed by atoms with Crippen molar-refractivity contribution in [3.8, 4) is 6.07 Å². The summed E-state index contributed by atoms with van der Waals surface area (Å²) in [5.41, 5.74) is 0.738. The molecular formula is C13H7BrF2N2. The molecule has 90 valence electrons. The highest BCUT2D eigenvalue weighted by molar-refractivity contribution is 9.10. The molecule has 0 unspecified atom stereocenters. The first-order valence-corrected chi connectivity index (χ1v) is 5.82. The van der Waals surface area contributed by atoms with Gasteiger partial charge in [0, 0.05) is 4.47 Å². The molecule has 0 saturated heterocycles. The summed E-state index contributed by atoms with van der Waals surface area (Å²) in [5, 5.41) is 11.7. The Hall–Kier alpha value is -1.93. The molecule has 18 heavy (non-hydrogen) atoms. The molecule has 0 heterocycles. The highest BCUT2D eigenvalue weighted by atomic mass is 79.9. The lowest BCUT2D eigenvalue weighted by molar-refractivity contribution is 0.512. The van der Waals surface area contributed by atoms with Crippen LogP contribution in [0.15, 0.2) is 40.9 Å². The zero-order valence-electron chi connectivity index (χ0n) is 9.05. The van der Waals surface area contributed by atoms with E-state index in [-0.39, 0.29) is 5.69 Å². The fourth-order valence-electron chi connectivity index (χ4n) is 1.49. The lowest BCUT2D eigenvalue weighted by Gasteiger charge is -2.10. The first-order chi connectivity index (χ1) is 8.63. The van der Waals surface area contributed by atoms with E-state index >= 15 is 0 Å². The second kappa shape index (κ2) is 5.15. The number of nitrogens with one attached hydrogen (secondary N) is 1. The smallest absolute Gasteiger partial charge is 0.182 e. The minimum Gasteiger partial charge on any atom is -0.352 e. The van der Waals surface area contributed by atoms with Gasteiger partial charge in [-0.3, -0.25) is 0 Å². The van der Waals surface area contributed by atoms with Crippen molar-refractivity contribution in [3.05, 3.63) is 58.1 Å². The van der Waals surface area contributed by atoms with Crippen LogP contribution in [0, 0.1) is 23.0 Å². The summed E-state index contributed by atoms with van der Waals surface area (Å²) in [5.74, 6) is -1.91. The largest absolute Gasteiger partial charge is 0.352 e. The van der Waals surface area contributed by atoms with E-state index in [1.54, 1.807) is 18.2 Å². The van der Waals surface area contributed by atoms with Crippen molar-refractivity contribution >= 4 is 27.3 Å². The monoisotopic (exact) mass is 308 g/mol. The van der Waals surface area contributed by atoms with E-state index in [9.17, 15) is 8.78 Å². The van der Waals surface area contributed by atoms with Crippen molar-refractivity contribution in [2.24, 2.45) is 0 Å². The van der Waals surface area contributed by atoms with Crippen molar-refractivity contribution in [3.63, 3.8) is 0 Å². The van der Waals surface area contributed by atoms with E-state index in [1.807, 2.05) is 6.07 Å². The minimum atomic E-state index is -0.971. The van der Waals surface area contributed by atoms with Gasteiger partial charge >= 0.3 is 0 Å². The first-order valence-electron chi connectivity index (χ1n) is 5.03. The van der Waals surface area contributed by atoms with E-state index in [0.717, 1.165) is 6.07 Å². The topological polar surface area (TPSA) is 35.8 Å². The zero-order valence-corrected chi connectivity index (χ0v) is 10.6.